The molecule has 1 heterocycles. The van der Waals surface area contributed by atoms with E-state index in [4.69, 9.17) is 10.5 Å². The molecule has 2 fully saturated rings. The molecule has 20 heavy (non-hydrogen) atoms. The normalized spacial score (nSPS) is 33.0. The fourth-order valence-electron chi connectivity index (χ4n) is 3.62. The van der Waals surface area contributed by atoms with Crippen LogP contribution < -0.4 is 5.73 Å². The van der Waals surface area contributed by atoms with Gasteiger partial charge in [-0.2, -0.15) is 0 Å². The molecule has 2 rings (SSSR count). The summed E-state index contributed by atoms with van der Waals surface area (Å²) in [5.74, 6) is 0.862. The summed E-state index contributed by atoms with van der Waals surface area (Å²) < 4.78 is 6.04. The number of amides is 1. The number of nitrogens with zero attached hydrogens (tertiary/aromatic N) is 1. The minimum atomic E-state index is -0.322. The molecule has 4 heteroatoms. The first-order valence-corrected chi connectivity index (χ1v) is 8.27. The zero-order chi connectivity index (χ0) is 14.5. The predicted octanol–water partition coefficient (Wildman–Crippen LogP) is 2.31. The summed E-state index contributed by atoms with van der Waals surface area (Å²) in [5, 5.41) is 0. The number of carbonyl (C=O) groups excluding carboxylic acids is 1. The minimum absolute atomic E-state index is 0.137. The molecule has 1 saturated heterocycles. The molecule has 116 valence electrons. The van der Waals surface area contributed by atoms with Crippen molar-refractivity contribution in [1.29, 1.82) is 0 Å². The van der Waals surface area contributed by atoms with Crippen molar-refractivity contribution >= 4 is 5.91 Å². The Hall–Kier alpha value is -0.610. The summed E-state index contributed by atoms with van der Waals surface area (Å²) in [6, 6.07) is 0.215. The van der Waals surface area contributed by atoms with Crippen molar-refractivity contribution in [2.45, 2.75) is 77.0 Å². The van der Waals surface area contributed by atoms with E-state index in [2.05, 4.69) is 6.92 Å². The highest BCUT2D eigenvalue weighted by atomic mass is 16.5. The van der Waals surface area contributed by atoms with Crippen molar-refractivity contribution in [3.8, 4) is 0 Å². The van der Waals surface area contributed by atoms with Gasteiger partial charge in [-0.3, -0.25) is 4.79 Å². The van der Waals surface area contributed by atoms with Crippen LogP contribution in [0.5, 0.6) is 0 Å². The van der Waals surface area contributed by atoms with E-state index in [0.29, 0.717) is 6.54 Å². The fourth-order valence-corrected chi connectivity index (χ4v) is 3.62. The molecule has 1 amide bonds. The SMILES string of the molecule is C[C@@H]1CCC[C@H](O[C@H](C)C(=O)N2CCCC[C@@H]2CN)C1. The number of hydrogen-bond donors (Lipinski definition) is 1. The lowest BCUT2D eigenvalue weighted by Crippen LogP contribution is -2.51. The third-order valence-electron chi connectivity index (χ3n) is 4.81. The first kappa shape index (κ1) is 15.8. The van der Waals surface area contributed by atoms with Crippen LogP contribution in [-0.4, -0.2) is 42.1 Å². The number of ether oxygens (including phenoxy) is 1. The minimum Gasteiger partial charge on any atom is -0.365 e. The summed E-state index contributed by atoms with van der Waals surface area (Å²) in [6.07, 6.45) is 7.97. The van der Waals surface area contributed by atoms with Gasteiger partial charge in [0, 0.05) is 19.1 Å². The quantitative estimate of drug-likeness (QED) is 0.861. The molecular formula is C16H30N2O2. The van der Waals surface area contributed by atoms with Crippen LogP contribution in [0.25, 0.3) is 0 Å². The Bertz CT molecular complexity index is 322. The maximum Gasteiger partial charge on any atom is 0.251 e. The second-order valence-corrected chi connectivity index (χ2v) is 6.59. The van der Waals surface area contributed by atoms with Gasteiger partial charge in [-0.05, 0) is 44.9 Å². The van der Waals surface area contributed by atoms with Crippen LogP contribution in [-0.2, 0) is 9.53 Å². The molecule has 0 bridgehead atoms. The number of piperidine rings is 1. The molecule has 4 nitrogen and oxygen atoms in total. The van der Waals surface area contributed by atoms with Gasteiger partial charge in [0.25, 0.3) is 5.91 Å². The predicted molar refractivity (Wildman–Crippen MR) is 80.4 cm³/mol. The molecule has 2 N–H and O–H groups in total. The average Bonchev–Trinajstić information content (AvgIpc) is 2.46. The van der Waals surface area contributed by atoms with Gasteiger partial charge in [-0.15, -0.1) is 0 Å². The van der Waals surface area contributed by atoms with Crippen molar-refractivity contribution in [1.82, 2.24) is 4.90 Å². The van der Waals surface area contributed by atoms with Crippen LogP contribution in [0.15, 0.2) is 0 Å². The average molecular weight is 282 g/mol. The van der Waals surface area contributed by atoms with Crippen LogP contribution >= 0.6 is 0 Å². The molecule has 0 unspecified atom stereocenters. The molecule has 1 aliphatic carbocycles. The van der Waals surface area contributed by atoms with Crippen LogP contribution in [0.2, 0.25) is 0 Å². The molecule has 0 aromatic rings. The molecule has 4 atom stereocenters. The van der Waals surface area contributed by atoms with Crippen LogP contribution in [0.1, 0.15) is 58.8 Å². The third kappa shape index (κ3) is 3.95. The summed E-state index contributed by atoms with van der Waals surface area (Å²) in [5.41, 5.74) is 5.80. The summed E-state index contributed by atoms with van der Waals surface area (Å²) >= 11 is 0. The zero-order valence-electron chi connectivity index (χ0n) is 13.0. The lowest BCUT2D eigenvalue weighted by molar-refractivity contribution is -0.151. The van der Waals surface area contributed by atoms with Crippen molar-refractivity contribution in [3.63, 3.8) is 0 Å². The first-order chi connectivity index (χ1) is 9.61. The zero-order valence-corrected chi connectivity index (χ0v) is 13.0. The molecule has 0 spiro atoms. The number of likely N-dealkylation sites (tertiary alicyclic amines) is 1. The summed E-state index contributed by atoms with van der Waals surface area (Å²) in [4.78, 5) is 14.5. The van der Waals surface area contributed by atoms with E-state index in [0.717, 1.165) is 38.1 Å². The summed E-state index contributed by atoms with van der Waals surface area (Å²) in [6.45, 7) is 5.59. The topological polar surface area (TPSA) is 55.6 Å². The van der Waals surface area contributed by atoms with Gasteiger partial charge in [0.1, 0.15) is 6.10 Å². The van der Waals surface area contributed by atoms with Crippen molar-refractivity contribution in [2.24, 2.45) is 11.7 Å². The van der Waals surface area contributed by atoms with E-state index in [1.54, 1.807) is 0 Å². The van der Waals surface area contributed by atoms with Gasteiger partial charge >= 0.3 is 0 Å². The van der Waals surface area contributed by atoms with Gasteiger partial charge in [-0.1, -0.05) is 19.8 Å². The maximum absolute atomic E-state index is 12.6. The Balaban J connectivity index is 1.87. The highest BCUT2D eigenvalue weighted by Crippen LogP contribution is 2.27. The standard InChI is InChI=1S/C16H30N2O2/c1-12-6-5-8-15(10-12)20-13(2)16(19)18-9-4-3-7-14(18)11-17/h12-15H,3-11,17H2,1-2H3/t12-,13-,14-,15+/m1/s1. The van der Waals surface area contributed by atoms with Gasteiger partial charge in [-0.25, -0.2) is 0 Å². The third-order valence-corrected chi connectivity index (χ3v) is 4.81. The fraction of sp³-hybridized carbons (Fsp3) is 0.938. The van der Waals surface area contributed by atoms with Gasteiger partial charge in [0.05, 0.1) is 6.10 Å². The van der Waals surface area contributed by atoms with E-state index < -0.39 is 0 Å². The highest BCUT2D eigenvalue weighted by Gasteiger charge is 2.31. The van der Waals surface area contributed by atoms with Gasteiger partial charge in [0.15, 0.2) is 0 Å². The molecule has 0 aromatic carbocycles. The Labute approximate surface area is 123 Å². The van der Waals surface area contributed by atoms with E-state index >= 15 is 0 Å². The van der Waals surface area contributed by atoms with E-state index in [-0.39, 0.29) is 24.2 Å². The Morgan fingerprint density at radius 2 is 2.10 bits per heavy atom. The van der Waals surface area contributed by atoms with Crippen molar-refractivity contribution in [2.75, 3.05) is 13.1 Å². The summed E-state index contributed by atoms with van der Waals surface area (Å²) in [7, 11) is 0. The van der Waals surface area contributed by atoms with E-state index in [1.165, 1.54) is 19.3 Å². The van der Waals surface area contributed by atoms with E-state index in [1.807, 2.05) is 11.8 Å². The molecule has 2 aliphatic rings. The smallest absolute Gasteiger partial charge is 0.251 e. The first-order valence-electron chi connectivity index (χ1n) is 8.27. The molecule has 1 saturated carbocycles. The van der Waals surface area contributed by atoms with Crippen molar-refractivity contribution < 1.29 is 9.53 Å². The Kier molecular flexibility index (Phi) is 5.85. The molecular weight excluding hydrogens is 252 g/mol. The lowest BCUT2D eigenvalue weighted by atomic mass is 9.88. The maximum atomic E-state index is 12.6. The van der Waals surface area contributed by atoms with E-state index in [9.17, 15) is 4.79 Å². The lowest BCUT2D eigenvalue weighted by Gasteiger charge is -2.37. The number of nitrogens with two attached hydrogens (primary N) is 1. The number of rotatable bonds is 4. The molecule has 0 aromatic heterocycles. The van der Waals surface area contributed by atoms with Gasteiger partial charge < -0.3 is 15.4 Å². The second kappa shape index (κ2) is 7.41. The number of carbonyl (C=O) groups is 1. The monoisotopic (exact) mass is 282 g/mol. The van der Waals surface area contributed by atoms with Crippen LogP contribution in [0.4, 0.5) is 0 Å². The second-order valence-electron chi connectivity index (χ2n) is 6.59. The number of hydrogen-bond acceptors (Lipinski definition) is 3. The Morgan fingerprint density at radius 3 is 2.80 bits per heavy atom. The highest BCUT2D eigenvalue weighted by molar-refractivity contribution is 5.81. The largest absolute Gasteiger partial charge is 0.365 e. The van der Waals surface area contributed by atoms with Crippen molar-refractivity contribution in [3.05, 3.63) is 0 Å². The van der Waals surface area contributed by atoms with Gasteiger partial charge in [0.2, 0.25) is 0 Å². The van der Waals surface area contributed by atoms with Crippen LogP contribution in [0, 0.1) is 5.92 Å². The Morgan fingerprint density at radius 1 is 1.30 bits per heavy atom. The van der Waals surface area contributed by atoms with Crippen LogP contribution in [0.3, 0.4) is 0 Å². The molecule has 0 radical (unpaired) electrons. The molecule has 1 aliphatic heterocycles.